The van der Waals surface area contributed by atoms with Crippen LogP contribution in [0.4, 0.5) is 17.3 Å². The van der Waals surface area contributed by atoms with Gasteiger partial charge in [0.25, 0.3) is 0 Å². The molecule has 0 amide bonds. The zero-order chi connectivity index (χ0) is 12.4. The zero-order valence-electron chi connectivity index (χ0n) is 9.24. The number of aliphatic hydroxyl groups excluding tert-OH is 1. The van der Waals surface area contributed by atoms with Gasteiger partial charge in [-0.1, -0.05) is 0 Å². The molecule has 1 fully saturated rings. The highest BCUT2D eigenvalue weighted by Gasteiger charge is 2.21. The summed E-state index contributed by atoms with van der Waals surface area (Å²) in [4.78, 5) is 15.9. The SMILES string of the molecule is Nc1nc(N2CCCC(O)C2)ccc1[N+](=O)[O-]. The standard InChI is InChI=1S/C10H14N4O3/c11-10-8(14(16)17)3-4-9(12-10)13-5-1-2-7(15)6-13/h3-4,7,15H,1-2,5-6H2,(H2,11,12). The summed E-state index contributed by atoms with van der Waals surface area (Å²) in [6.45, 7) is 1.27. The lowest BCUT2D eigenvalue weighted by Gasteiger charge is -2.30. The van der Waals surface area contributed by atoms with Crippen LogP contribution in [-0.2, 0) is 0 Å². The number of hydrogen-bond donors (Lipinski definition) is 2. The Morgan fingerprint density at radius 3 is 2.94 bits per heavy atom. The van der Waals surface area contributed by atoms with E-state index in [1.165, 1.54) is 6.07 Å². The molecule has 0 bridgehead atoms. The Kier molecular flexibility index (Phi) is 3.10. The van der Waals surface area contributed by atoms with E-state index in [-0.39, 0.29) is 17.6 Å². The van der Waals surface area contributed by atoms with Gasteiger partial charge in [-0.3, -0.25) is 10.1 Å². The van der Waals surface area contributed by atoms with Crippen LogP contribution < -0.4 is 10.6 Å². The maximum Gasteiger partial charge on any atom is 0.311 e. The molecule has 1 aromatic rings. The molecule has 2 heterocycles. The summed E-state index contributed by atoms with van der Waals surface area (Å²) in [5.41, 5.74) is 5.33. The van der Waals surface area contributed by atoms with Gasteiger partial charge in [-0.2, -0.15) is 0 Å². The Labute approximate surface area is 98.0 Å². The first-order chi connectivity index (χ1) is 8.08. The van der Waals surface area contributed by atoms with Crippen LogP contribution in [0.3, 0.4) is 0 Å². The highest BCUT2D eigenvalue weighted by molar-refractivity contribution is 5.58. The fraction of sp³-hybridized carbons (Fsp3) is 0.500. The van der Waals surface area contributed by atoms with Gasteiger partial charge in [-0.05, 0) is 18.9 Å². The van der Waals surface area contributed by atoms with E-state index >= 15 is 0 Å². The zero-order valence-corrected chi connectivity index (χ0v) is 9.24. The topological polar surface area (TPSA) is 106 Å². The highest BCUT2D eigenvalue weighted by atomic mass is 16.6. The molecule has 0 spiro atoms. The average molecular weight is 238 g/mol. The third-order valence-electron chi connectivity index (χ3n) is 2.80. The van der Waals surface area contributed by atoms with Gasteiger partial charge in [0, 0.05) is 19.2 Å². The van der Waals surface area contributed by atoms with Crippen LogP contribution in [0.1, 0.15) is 12.8 Å². The number of β-amino-alcohol motifs (C(OH)–C–C–N with tert-alkyl or cyclic N) is 1. The molecule has 1 atom stereocenters. The second-order valence-corrected chi connectivity index (χ2v) is 4.07. The molecule has 92 valence electrons. The highest BCUT2D eigenvalue weighted by Crippen LogP contribution is 2.24. The first kappa shape index (κ1) is 11.6. The number of nitrogens with zero attached hydrogens (tertiary/aromatic N) is 3. The molecule has 7 nitrogen and oxygen atoms in total. The molecule has 1 unspecified atom stereocenters. The fourth-order valence-electron chi connectivity index (χ4n) is 1.95. The Bertz CT molecular complexity index is 438. The molecule has 3 N–H and O–H groups in total. The molecule has 1 aliphatic heterocycles. The van der Waals surface area contributed by atoms with Crippen molar-refractivity contribution in [3.63, 3.8) is 0 Å². The molecular weight excluding hydrogens is 224 g/mol. The minimum Gasteiger partial charge on any atom is -0.391 e. The summed E-state index contributed by atoms with van der Waals surface area (Å²) in [7, 11) is 0. The molecule has 1 aromatic heterocycles. The van der Waals surface area contributed by atoms with E-state index in [9.17, 15) is 15.2 Å². The van der Waals surface area contributed by atoms with E-state index in [0.717, 1.165) is 19.4 Å². The summed E-state index contributed by atoms with van der Waals surface area (Å²) in [6.07, 6.45) is 1.28. The minimum absolute atomic E-state index is 0.0902. The van der Waals surface area contributed by atoms with Crippen LogP contribution in [0, 0.1) is 10.1 Å². The Balaban J connectivity index is 2.22. The van der Waals surface area contributed by atoms with Gasteiger partial charge in [0.05, 0.1) is 11.0 Å². The second-order valence-electron chi connectivity index (χ2n) is 4.07. The average Bonchev–Trinajstić information content (AvgIpc) is 2.28. The summed E-state index contributed by atoms with van der Waals surface area (Å²) >= 11 is 0. The molecule has 1 aliphatic rings. The summed E-state index contributed by atoms with van der Waals surface area (Å²) in [5.74, 6) is 0.486. The molecule has 2 rings (SSSR count). The van der Waals surface area contributed by atoms with Crippen LogP contribution in [-0.4, -0.2) is 34.2 Å². The molecule has 0 aliphatic carbocycles. The van der Waals surface area contributed by atoms with Crippen molar-refractivity contribution in [2.45, 2.75) is 18.9 Å². The minimum atomic E-state index is -0.558. The van der Waals surface area contributed by atoms with Crippen LogP contribution in [0.15, 0.2) is 12.1 Å². The first-order valence-electron chi connectivity index (χ1n) is 5.42. The van der Waals surface area contributed by atoms with Gasteiger partial charge < -0.3 is 15.7 Å². The smallest absolute Gasteiger partial charge is 0.311 e. The largest absolute Gasteiger partial charge is 0.391 e. The van der Waals surface area contributed by atoms with Crippen molar-refractivity contribution in [2.75, 3.05) is 23.7 Å². The lowest BCUT2D eigenvalue weighted by molar-refractivity contribution is -0.384. The van der Waals surface area contributed by atoms with Gasteiger partial charge in [0.1, 0.15) is 5.82 Å². The number of pyridine rings is 1. The number of hydrogen-bond acceptors (Lipinski definition) is 6. The number of nitrogen functional groups attached to an aromatic ring is 1. The predicted molar refractivity (Wildman–Crippen MR) is 62.8 cm³/mol. The summed E-state index contributed by atoms with van der Waals surface area (Å²) < 4.78 is 0. The van der Waals surface area contributed by atoms with Gasteiger partial charge in [-0.25, -0.2) is 4.98 Å². The van der Waals surface area contributed by atoms with Crippen molar-refractivity contribution >= 4 is 17.3 Å². The summed E-state index contributed by atoms with van der Waals surface area (Å²) in [5, 5.41) is 20.1. The van der Waals surface area contributed by atoms with Crippen LogP contribution in [0.5, 0.6) is 0 Å². The van der Waals surface area contributed by atoms with Gasteiger partial charge in [0.15, 0.2) is 0 Å². The van der Waals surface area contributed by atoms with Crippen molar-refractivity contribution in [3.05, 3.63) is 22.2 Å². The van der Waals surface area contributed by atoms with Crippen molar-refractivity contribution < 1.29 is 10.0 Å². The third-order valence-corrected chi connectivity index (χ3v) is 2.80. The number of nitrogens with two attached hydrogens (primary N) is 1. The number of piperidine rings is 1. The first-order valence-corrected chi connectivity index (χ1v) is 5.42. The summed E-state index contributed by atoms with van der Waals surface area (Å²) in [6, 6.07) is 2.91. The number of nitro groups is 1. The lowest BCUT2D eigenvalue weighted by Crippen LogP contribution is -2.38. The second kappa shape index (κ2) is 4.54. The van der Waals surface area contributed by atoms with Crippen LogP contribution >= 0.6 is 0 Å². The normalized spacial score (nSPS) is 20.3. The fourth-order valence-corrected chi connectivity index (χ4v) is 1.95. The molecule has 17 heavy (non-hydrogen) atoms. The van der Waals surface area contributed by atoms with E-state index in [1.807, 2.05) is 4.90 Å². The van der Waals surface area contributed by atoms with Crippen molar-refractivity contribution in [1.29, 1.82) is 0 Å². The maximum atomic E-state index is 10.6. The molecular formula is C10H14N4O3. The quantitative estimate of drug-likeness (QED) is 0.575. The van der Waals surface area contributed by atoms with Gasteiger partial charge >= 0.3 is 5.69 Å². The third kappa shape index (κ3) is 2.44. The Morgan fingerprint density at radius 1 is 1.59 bits per heavy atom. The van der Waals surface area contributed by atoms with Crippen LogP contribution in [0.25, 0.3) is 0 Å². The van der Waals surface area contributed by atoms with Crippen LogP contribution in [0.2, 0.25) is 0 Å². The van der Waals surface area contributed by atoms with Crippen molar-refractivity contribution in [3.8, 4) is 0 Å². The number of rotatable bonds is 2. The van der Waals surface area contributed by atoms with Crippen molar-refractivity contribution in [1.82, 2.24) is 4.98 Å². The van der Waals surface area contributed by atoms with E-state index in [4.69, 9.17) is 5.73 Å². The van der Waals surface area contributed by atoms with E-state index in [2.05, 4.69) is 4.98 Å². The monoisotopic (exact) mass is 238 g/mol. The van der Waals surface area contributed by atoms with Crippen molar-refractivity contribution in [2.24, 2.45) is 0 Å². The Hall–Kier alpha value is -1.89. The molecule has 0 saturated carbocycles. The maximum absolute atomic E-state index is 10.6. The van der Waals surface area contributed by atoms with E-state index in [1.54, 1.807) is 6.07 Å². The Morgan fingerprint density at radius 2 is 2.35 bits per heavy atom. The predicted octanol–water partition coefficient (Wildman–Crippen LogP) is 0.533. The molecule has 1 saturated heterocycles. The van der Waals surface area contributed by atoms with Gasteiger partial charge in [-0.15, -0.1) is 0 Å². The van der Waals surface area contributed by atoms with E-state index in [0.29, 0.717) is 12.4 Å². The van der Waals surface area contributed by atoms with Gasteiger partial charge in [0.2, 0.25) is 5.82 Å². The lowest BCUT2D eigenvalue weighted by atomic mass is 10.1. The molecule has 0 radical (unpaired) electrons. The molecule has 7 heteroatoms. The molecule has 0 aromatic carbocycles. The van der Waals surface area contributed by atoms with E-state index < -0.39 is 4.92 Å². The number of anilines is 2. The number of aromatic nitrogens is 1. The number of aliphatic hydroxyl groups is 1.